The molecule has 0 aromatic rings. The fourth-order valence-corrected chi connectivity index (χ4v) is 3.76. The van der Waals surface area contributed by atoms with Crippen molar-refractivity contribution < 1.29 is 0 Å². The van der Waals surface area contributed by atoms with E-state index in [2.05, 4.69) is 40.9 Å². The molecule has 1 fully saturated rings. The Morgan fingerprint density at radius 1 is 1.13 bits per heavy atom. The largest absolute Gasteiger partial charge is 0.356 e. The van der Waals surface area contributed by atoms with E-state index in [0.717, 1.165) is 17.8 Å². The molecule has 0 aromatic carbocycles. The van der Waals surface area contributed by atoms with Crippen LogP contribution >= 0.6 is 35.7 Å². The van der Waals surface area contributed by atoms with Crippen molar-refractivity contribution in [1.29, 1.82) is 0 Å². The van der Waals surface area contributed by atoms with Gasteiger partial charge in [0.1, 0.15) is 0 Å². The van der Waals surface area contributed by atoms with Gasteiger partial charge in [0.15, 0.2) is 5.96 Å². The molecule has 0 aliphatic heterocycles. The summed E-state index contributed by atoms with van der Waals surface area (Å²) < 4.78 is 0. The van der Waals surface area contributed by atoms with Gasteiger partial charge in [0, 0.05) is 24.9 Å². The van der Waals surface area contributed by atoms with Gasteiger partial charge in [0.25, 0.3) is 0 Å². The van der Waals surface area contributed by atoms with Crippen LogP contribution < -0.4 is 10.6 Å². The van der Waals surface area contributed by atoms with E-state index in [1.165, 1.54) is 57.9 Å². The first kappa shape index (κ1) is 23.3. The maximum Gasteiger partial charge on any atom is 0.191 e. The Kier molecular flexibility index (Phi) is 14.8. The second-order valence-corrected chi connectivity index (χ2v) is 7.72. The van der Waals surface area contributed by atoms with Crippen LogP contribution in [0.1, 0.15) is 51.4 Å². The molecule has 0 aromatic heterocycles. The second-order valence-electron chi connectivity index (χ2n) is 6.58. The molecule has 1 aliphatic carbocycles. The van der Waals surface area contributed by atoms with E-state index in [1.54, 1.807) is 0 Å². The van der Waals surface area contributed by atoms with Crippen molar-refractivity contribution in [3.8, 4) is 0 Å². The fourth-order valence-electron chi connectivity index (χ4n) is 2.96. The Morgan fingerprint density at radius 3 is 2.43 bits per heavy atom. The SMILES string of the molecule is CN=C(NCCCCCCCN(C)C)NC1CCC(SC)C1.I. The van der Waals surface area contributed by atoms with E-state index in [4.69, 9.17) is 0 Å². The Hall–Kier alpha value is 0.310. The zero-order valence-electron chi connectivity index (χ0n) is 15.4. The molecule has 138 valence electrons. The van der Waals surface area contributed by atoms with Crippen LogP contribution in [0.5, 0.6) is 0 Å². The first-order valence-corrected chi connectivity index (χ1v) is 10.1. The van der Waals surface area contributed by atoms with Crippen LogP contribution in [-0.4, -0.2) is 62.6 Å². The second kappa shape index (κ2) is 14.6. The molecule has 0 amide bonds. The summed E-state index contributed by atoms with van der Waals surface area (Å²) in [6.07, 6.45) is 12.7. The summed E-state index contributed by atoms with van der Waals surface area (Å²) in [6.45, 7) is 2.25. The Labute approximate surface area is 165 Å². The summed E-state index contributed by atoms with van der Waals surface area (Å²) in [7, 11) is 6.17. The zero-order chi connectivity index (χ0) is 16.2. The van der Waals surface area contributed by atoms with Crippen LogP contribution in [0.25, 0.3) is 0 Å². The first-order valence-electron chi connectivity index (χ1n) is 8.80. The number of unbranched alkanes of at least 4 members (excludes halogenated alkanes) is 4. The Morgan fingerprint density at radius 2 is 1.83 bits per heavy atom. The van der Waals surface area contributed by atoms with E-state index < -0.39 is 0 Å². The first-order chi connectivity index (χ1) is 10.7. The standard InChI is InChI=1S/C17H36N4S.HI/c1-18-17(20-15-10-11-16(14-15)22-4)19-12-8-6-5-7-9-13-21(2)3;/h15-16H,5-14H2,1-4H3,(H2,18,19,20);1H. The Balaban J connectivity index is 0.00000484. The number of nitrogens with one attached hydrogen (secondary N) is 2. The minimum absolute atomic E-state index is 0. The molecule has 2 atom stereocenters. The van der Waals surface area contributed by atoms with Crippen LogP contribution in [0.3, 0.4) is 0 Å². The molecular formula is C17H37IN4S. The molecule has 23 heavy (non-hydrogen) atoms. The third kappa shape index (κ3) is 11.5. The number of hydrogen-bond acceptors (Lipinski definition) is 3. The Bertz CT molecular complexity index is 313. The molecule has 1 aliphatic rings. The van der Waals surface area contributed by atoms with Gasteiger partial charge in [0.05, 0.1) is 0 Å². The highest BCUT2D eigenvalue weighted by molar-refractivity contribution is 14.0. The predicted octanol–water partition coefficient (Wildman–Crippen LogP) is 3.57. The molecule has 2 unspecified atom stereocenters. The molecule has 0 bridgehead atoms. The molecular weight excluding hydrogens is 419 g/mol. The van der Waals surface area contributed by atoms with Gasteiger partial charge in [0.2, 0.25) is 0 Å². The smallest absolute Gasteiger partial charge is 0.191 e. The van der Waals surface area contributed by atoms with E-state index in [-0.39, 0.29) is 24.0 Å². The van der Waals surface area contributed by atoms with Crippen molar-refractivity contribution in [2.45, 2.75) is 62.7 Å². The maximum atomic E-state index is 4.35. The quantitative estimate of drug-likeness (QED) is 0.228. The van der Waals surface area contributed by atoms with Gasteiger partial charge >= 0.3 is 0 Å². The van der Waals surface area contributed by atoms with Crippen LogP contribution in [-0.2, 0) is 0 Å². The maximum absolute atomic E-state index is 4.35. The zero-order valence-corrected chi connectivity index (χ0v) is 18.6. The van der Waals surface area contributed by atoms with E-state index in [0.29, 0.717) is 6.04 Å². The molecule has 4 nitrogen and oxygen atoms in total. The number of thioether (sulfide) groups is 1. The number of halogens is 1. The molecule has 6 heteroatoms. The van der Waals surface area contributed by atoms with E-state index in [1.807, 2.05) is 18.8 Å². The summed E-state index contributed by atoms with van der Waals surface area (Å²) >= 11 is 2.00. The summed E-state index contributed by atoms with van der Waals surface area (Å²) in [4.78, 5) is 6.62. The number of nitrogens with zero attached hydrogens (tertiary/aromatic N) is 2. The van der Waals surface area contributed by atoms with Crippen LogP contribution in [0.2, 0.25) is 0 Å². The average Bonchev–Trinajstić information content (AvgIpc) is 2.96. The number of hydrogen-bond donors (Lipinski definition) is 2. The lowest BCUT2D eigenvalue weighted by molar-refractivity contribution is 0.389. The van der Waals surface area contributed by atoms with Gasteiger partial charge in [-0.2, -0.15) is 11.8 Å². The minimum Gasteiger partial charge on any atom is -0.356 e. The van der Waals surface area contributed by atoms with Crippen molar-refractivity contribution >= 4 is 41.7 Å². The van der Waals surface area contributed by atoms with E-state index in [9.17, 15) is 0 Å². The molecule has 0 spiro atoms. The van der Waals surface area contributed by atoms with Crippen molar-refractivity contribution in [2.75, 3.05) is 40.5 Å². The lowest BCUT2D eigenvalue weighted by Crippen LogP contribution is -2.42. The van der Waals surface area contributed by atoms with Crippen LogP contribution in [0.15, 0.2) is 4.99 Å². The van der Waals surface area contributed by atoms with Gasteiger partial charge < -0.3 is 15.5 Å². The summed E-state index contributed by atoms with van der Waals surface area (Å²) in [5, 5.41) is 7.87. The fraction of sp³-hybridized carbons (Fsp3) is 0.941. The monoisotopic (exact) mass is 456 g/mol. The molecule has 1 rings (SSSR count). The number of aliphatic imine (C=N–C) groups is 1. The van der Waals surface area contributed by atoms with Crippen molar-refractivity contribution in [2.24, 2.45) is 4.99 Å². The molecule has 0 radical (unpaired) electrons. The third-order valence-corrected chi connectivity index (χ3v) is 5.45. The minimum atomic E-state index is 0. The number of guanidine groups is 1. The van der Waals surface area contributed by atoms with Gasteiger partial charge in [-0.25, -0.2) is 0 Å². The van der Waals surface area contributed by atoms with Gasteiger partial charge in [-0.1, -0.05) is 19.3 Å². The van der Waals surface area contributed by atoms with Gasteiger partial charge in [-0.05, 0) is 59.0 Å². The van der Waals surface area contributed by atoms with E-state index >= 15 is 0 Å². The van der Waals surface area contributed by atoms with Crippen LogP contribution in [0.4, 0.5) is 0 Å². The van der Waals surface area contributed by atoms with Crippen molar-refractivity contribution in [1.82, 2.24) is 15.5 Å². The molecule has 0 heterocycles. The van der Waals surface area contributed by atoms with Crippen molar-refractivity contribution in [3.05, 3.63) is 0 Å². The highest BCUT2D eigenvalue weighted by atomic mass is 127. The summed E-state index contributed by atoms with van der Waals surface area (Å²) in [5.74, 6) is 0.986. The highest BCUT2D eigenvalue weighted by Crippen LogP contribution is 2.27. The van der Waals surface area contributed by atoms with Gasteiger partial charge in [-0.3, -0.25) is 4.99 Å². The average molecular weight is 456 g/mol. The lowest BCUT2D eigenvalue weighted by Gasteiger charge is -2.17. The summed E-state index contributed by atoms with van der Waals surface area (Å²) in [5.41, 5.74) is 0. The molecule has 0 saturated heterocycles. The lowest BCUT2D eigenvalue weighted by atomic mass is 10.1. The summed E-state index contributed by atoms with van der Waals surface area (Å²) in [6, 6.07) is 0.606. The van der Waals surface area contributed by atoms with Crippen LogP contribution in [0, 0.1) is 0 Å². The number of rotatable bonds is 10. The highest BCUT2D eigenvalue weighted by Gasteiger charge is 2.24. The normalized spacial score (nSPS) is 21.3. The van der Waals surface area contributed by atoms with Crippen molar-refractivity contribution in [3.63, 3.8) is 0 Å². The van der Waals surface area contributed by atoms with Gasteiger partial charge in [-0.15, -0.1) is 24.0 Å². The third-order valence-electron chi connectivity index (χ3n) is 4.36. The molecule has 1 saturated carbocycles. The molecule has 2 N–H and O–H groups in total. The topological polar surface area (TPSA) is 39.7 Å². The predicted molar refractivity (Wildman–Crippen MR) is 116 cm³/mol.